The zero-order valence-corrected chi connectivity index (χ0v) is 15.0. The molecule has 0 atom stereocenters. The van der Waals surface area contributed by atoms with Crippen LogP contribution in [-0.4, -0.2) is 19.1 Å². The Kier molecular flexibility index (Phi) is 7.19. The Labute approximate surface area is 149 Å². The molecule has 142 valence electrons. The maximum atomic E-state index is 12.3. The van der Waals surface area contributed by atoms with Gasteiger partial charge in [-0.05, 0) is 31.1 Å². The van der Waals surface area contributed by atoms with Crippen LogP contribution in [0.2, 0.25) is 0 Å². The van der Waals surface area contributed by atoms with Crippen LogP contribution in [0.15, 0.2) is 54.1 Å². The Morgan fingerprint density at radius 2 is 2.00 bits per heavy atom. The molecule has 1 heterocycles. The third kappa shape index (κ3) is 4.75. The first-order chi connectivity index (χ1) is 12.2. The predicted octanol–water partition coefficient (Wildman–Crippen LogP) is 5.23. The van der Waals surface area contributed by atoms with Crippen LogP contribution in [-0.2, 0) is 10.1 Å². The largest absolute Gasteiger partial charge is 0.534 e. The second-order valence-electron chi connectivity index (χ2n) is 4.74. The van der Waals surface area contributed by atoms with E-state index in [-0.39, 0.29) is 5.58 Å². The molecule has 0 saturated heterocycles. The maximum absolute atomic E-state index is 12.3. The fraction of sp³-hybridized carbons (Fsp3) is 0.235. The number of halogens is 3. The summed E-state index contributed by atoms with van der Waals surface area (Å²) in [7, 11) is -5.73. The van der Waals surface area contributed by atoms with Gasteiger partial charge in [0.25, 0.3) is 0 Å². The highest BCUT2D eigenvalue weighted by atomic mass is 32.2. The van der Waals surface area contributed by atoms with Gasteiger partial charge in [0, 0.05) is 11.5 Å². The van der Waals surface area contributed by atoms with E-state index in [1.54, 1.807) is 0 Å². The summed E-state index contributed by atoms with van der Waals surface area (Å²) in [5.74, 6) is -0.505. The molecule has 0 fully saturated rings. The lowest BCUT2D eigenvalue weighted by molar-refractivity contribution is -0.0500. The van der Waals surface area contributed by atoms with Gasteiger partial charge in [-0.3, -0.25) is 0 Å². The Bertz CT molecular complexity index is 912. The van der Waals surface area contributed by atoms with Crippen molar-refractivity contribution in [3.05, 3.63) is 55.3 Å². The molecule has 0 saturated carbocycles. The van der Waals surface area contributed by atoms with Crippen molar-refractivity contribution in [3.8, 4) is 5.75 Å². The summed E-state index contributed by atoms with van der Waals surface area (Å²) < 4.78 is 68.3. The molecule has 26 heavy (non-hydrogen) atoms. The Balaban J connectivity index is 0.00000163. The molecule has 0 radical (unpaired) electrons. The minimum atomic E-state index is -5.73. The Morgan fingerprint density at radius 1 is 1.35 bits per heavy atom. The van der Waals surface area contributed by atoms with Gasteiger partial charge in [-0.15, -0.1) is 13.2 Å². The zero-order valence-electron chi connectivity index (χ0n) is 14.2. The normalized spacial score (nSPS) is 12.9. The first-order valence-corrected chi connectivity index (χ1v) is 8.84. The van der Waals surface area contributed by atoms with Gasteiger partial charge in [0.05, 0.1) is 0 Å². The first-order valence-electron chi connectivity index (χ1n) is 7.43. The fourth-order valence-corrected chi connectivity index (χ4v) is 2.45. The van der Waals surface area contributed by atoms with Gasteiger partial charge in [0.1, 0.15) is 11.4 Å². The number of nitrogens with zero attached hydrogens (tertiary/aromatic N) is 1. The molecule has 2 rings (SSSR count). The molecule has 0 aliphatic heterocycles. The summed E-state index contributed by atoms with van der Waals surface area (Å²) in [4.78, 5) is 0. The standard InChI is InChI=1S/C15H14F3NO4S.C2H4/c1-3-5-10(6-4-2)14-12-8-7-11(9-13(12)22-19-14)23-24(20,21)15(16,17)18;1-2/h3,5-9H,4H2,1-2H3;1-2H2/b5-3-,10-6+;. The molecule has 0 amide bonds. The molecule has 1 aromatic heterocycles. The monoisotopic (exact) mass is 389 g/mol. The van der Waals surface area contributed by atoms with Gasteiger partial charge in [0.15, 0.2) is 5.58 Å². The number of aromatic nitrogens is 1. The average Bonchev–Trinajstić information content (AvgIpc) is 2.98. The SMILES string of the molecule is C/C=C\C(=C/CC)c1noc2cc(OS(=O)(=O)C(F)(F)F)ccc12.C=C. The lowest BCUT2D eigenvalue weighted by Gasteiger charge is -2.08. The summed E-state index contributed by atoms with van der Waals surface area (Å²) in [6, 6.07) is 3.56. The lowest BCUT2D eigenvalue weighted by atomic mass is 10.1. The van der Waals surface area contributed by atoms with E-state index in [0.29, 0.717) is 11.1 Å². The fourth-order valence-electron chi connectivity index (χ4n) is 1.99. The van der Waals surface area contributed by atoms with Crippen molar-refractivity contribution in [2.45, 2.75) is 25.8 Å². The van der Waals surface area contributed by atoms with E-state index in [2.05, 4.69) is 22.5 Å². The van der Waals surface area contributed by atoms with Crippen LogP contribution < -0.4 is 4.18 Å². The van der Waals surface area contributed by atoms with Crippen molar-refractivity contribution in [1.82, 2.24) is 5.16 Å². The van der Waals surface area contributed by atoms with Crippen LogP contribution in [0.3, 0.4) is 0 Å². The van der Waals surface area contributed by atoms with Gasteiger partial charge in [-0.1, -0.05) is 30.3 Å². The Hall–Kier alpha value is -2.55. The van der Waals surface area contributed by atoms with Gasteiger partial charge >= 0.3 is 15.6 Å². The minimum Gasteiger partial charge on any atom is -0.376 e. The second-order valence-corrected chi connectivity index (χ2v) is 6.28. The lowest BCUT2D eigenvalue weighted by Crippen LogP contribution is -2.28. The van der Waals surface area contributed by atoms with Gasteiger partial charge in [0.2, 0.25) is 0 Å². The quantitative estimate of drug-likeness (QED) is 0.303. The van der Waals surface area contributed by atoms with Gasteiger partial charge < -0.3 is 8.71 Å². The number of rotatable bonds is 5. The molecule has 0 unspecified atom stereocenters. The molecule has 0 bridgehead atoms. The van der Waals surface area contributed by atoms with E-state index < -0.39 is 21.4 Å². The smallest absolute Gasteiger partial charge is 0.376 e. The van der Waals surface area contributed by atoms with Crippen molar-refractivity contribution in [1.29, 1.82) is 0 Å². The number of benzene rings is 1. The molecule has 2 aromatic rings. The molecule has 0 spiro atoms. The topological polar surface area (TPSA) is 69.4 Å². The van der Waals surface area contributed by atoms with Crippen LogP contribution >= 0.6 is 0 Å². The van der Waals surface area contributed by atoms with Crippen molar-refractivity contribution < 1.29 is 30.3 Å². The zero-order chi connectivity index (χ0) is 20.0. The van der Waals surface area contributed by atoms with E-state index in [1.807, 2.05) is 32.1 Å². The van der Waals surface area contributed by atoms with E-state index in [0.717, 1.165) is 24.1 Å². The highest BCUT2D eigenvalue weighted by Gasteiger charge is 2.48. The van der Waals surface area contributed by atoms with Gasteiger partial charge in [-0.25, -0.2) is 0 Å². The van der Waals surface area contributed by atoms with E-state index >= 15 is 0 Å². The summed E-state index contributed by atoms with van der Waals surface area (Å²) >= 11 is 0. The van der Waals surface area contributed by atoms with Crippen molar-refractivity contribution in [2.24, 2.45) is 0 Å². The Morgan fingerprint density at radius 3 is 2.54 bits per heavy atom. The molecule has 5 nitrogen and oxygen atoms in total. The molecule has 9 heteroatoms. The molecule has 0 N–H and O–H groups in total. The predicted molar refractivity (Wildman–Crippen MR) is 93.9 cm³/mol. The summed E-state index contributed by atoms with van der Waals surface area (Å²) in [5.41, 5.74) is -4.09. The van der Waals surface area contributed by atoms with Crippen LogP contribution in [0.1, 0.15) is 26.0 Å². The van der Waals surface area contributed by atoms with Crippen LogP contribution in [0.4, 0.5) is 13.2 Å². The third-order valence-electron chi connectivity index (χ3n) is 2.98. The molecule has 0 aliphatic carbocycles. The molecule has 1 aromatic carbocycles. The third-order valence-corrected chi connectivity index (χ3v) is 3.96. The van der Waals surface area contributed by atoms with E-state index in [9.17, 15) is 21.6 Å². The van der Waals surface area contributed by atoms with E-state index in [4.69, 9.17) is 4.52 Å². The number of alkyl halides is 3. The van der Waals surface area contributed by atoms with Crippen molar-refractivity contribution >= 4 is 26.7 Å². The molecule has 0 aliphatic rings. The van der Waals surface area contributed by atoms with Crippen molar-refractivity contribution in [3.63, 3.8) is 0 Å². The van der Waals surface area contributed by atoms with Crippen LogP contribution in [0.5, 0.6) is 5.75 Å². The van der Waals surface area contributed by atoms with Crippen LogP contribution in [0.25, 0.3) is 16.5 Å². The summed E-state index contributed by atoms with van der Waals surface area (Å²) in [5, 5.41) is 4.43. The number of hydrogen-bond acceptors (Lipinski definition) is 5. The summed E-state index contributed by atoms with van der Waals surface area (Å²) in [6.45, 7) is 9.78. The highest BCUT2D eigenvalue weighted by Crippen LogP contribution is 2.31. The van der Waals surface area contributed by atoms with Crippen molar-refractivity contribution in [2.75, 3.05) is 0 Å². The second kappa shape index (κ2) is 8.70. The highest BCUT2D eigenvalue weighted by molar-refractivity contribution is 7.88. The van der Waals surface area contributed by atoms with Crippen LogP contribution in [0, 0.1) is 0 Å². The molecular weight excluding hydrogens is 371 g/mol. The average molecular weight is 389 g/mol. The molecular formula is C17H18F3NO4S. The number of fused-ring (bicyclic) bond motifs is 1. The number of allylic oxidation sites excluding steroid dienone is 4. The number of hydrogen-bond donors (Lipinski definition) is 0. The van der Waals surface area contributed by atoms with Gasteiger partial charge in [-0.2, -0.15) is 21.6 Å². The maximum Gasteiger partial charge on any atom is 0.534 e. The van der Waals surface area contributed by atoms with E-state index in [1.165, 1.54) is 6.07 Å². The first kappa shape index (κ1) is 21.5. The summed E-state index contributed by atoms with van der Waals surface area (Å²) in [6.07, 6.45) is 6.30. The minimum absolute atomic E-state index is 0.117.